The van der Waals surface area contributed by atoms with Gasteiger partial charge in [0.25, 0.3) is 0 Å². The molecule has 0 spiro atoms. The lowest BCUT2D eigenvalue weighted by atomic mass is 10.0. The fourth-order valence-electron chi connectivity index (χ4n) is 2.21. The first-order valence-electron chi connectivity index (χ1n) is 6.45. The van der Waals surface area contributed by atoms with E-state index in [0.717, 1.165) is 16.7 Å². The Bertz CT molecular complexity index is 539. The normalized spacial score (nSPS) is 12.9. The van der Waals surface area contributed by atoms with Crippen LogP contribution in [0.5, 0.6) is 0 Å². The summed E-state index contributed by atoms with van der Waals surface area (Å²) in [6, 6.07) is 5.84. The van der Waals surface area contributed by atoms with Gasteiger partial charge in [-0.05, 0) is 23.1 Å². The topological polar surface area (TPSA) is 66.8 Å². The summed E-state index contributed by atoms with van der Waals surface area (Å²) in [6.45, 7) is 4.74. The maximum atomic E-state index is 11.8. The maximum Gasteiger partial charge on any atom is 0.410 e. The second-order valence-electron chi connectivity index (χ2n) is 4.72. The van der Waals surface area contributed by atoms with Gasteiger partial charge in [-0.3, -0.25) is 9.69 Å². The molecule has 1 amide bonds. The van der Waals surface area contributed by atoms with Crippen molar-refractivity contribution in [2.75, 3.05) is 6.61 Å². The second kappa shape index (κ2) is 6.23. The first kappa shape index (κ1) is 14.1. The van der Waals surface area contributed by atoms with E-state index < -0.39 is 5.97 Å². The number of rotatable bonds is 5. The van der Waals surface area contributed by atoms with E-state index in [2.05, 4.69) is 6.58 Å². The zero-order chi connectivity index (χ0) is 14.5. The quantitative estimate of drug-likeness (QED) is 0.838. The SMILES string of the molecule is C=CCOC(=O)N1Cc2ccc(CCC(=O)O)cc2C1. The van der Waals surface area contributed by atoms with Crippen molar-refractivity contribution in [3.05, 3.63) is 47.5 Å². The summed E-state index contributed by atoms with van der Waals surface area (Å²) in [5.41, 5.74) is 3.12. The fourth-order valence-corrected chi connectivity index (χ4v) is 2.21. The molecular formula is C15H17NO4. The number of hydrogen-bond donors (Lipinski definition) is 1. The van der Waals surface area contributed by atoms with E-state index in [4.69, 9.17) is 9.84 Å². The van der Waals surface area contributed by atoms with Gasteiger partial charge in [-0.1, -0.05) is 30.9 Å². The number of aryl methyl sites for hydroxylation is 1. The van der Waals surface area contributed by atoms with E-state index >= 15 is 0 Å². The van der Waals surface area contributed by atoms with Crippen molar-refractivity contribution in [3.63, 3.8) is 0 Å². The zero-order valence-corrected chi connectivity index (χ0v) is 11.2. The Hall–Kier alpha value is -2.30. The average Bonchev–Trinajstić information content (AvgIpc) is 2.85. The maximum absolute atomic E-state index is 11.8. The molecule has 0 fully saturated rings. The summed E-state index contributed by atoms with van der Waals surface area (Å²) in [5.74, 6) is -0.805. The van der Waals surface area contributed by atoms with E-state index in [1.54, 1.807) is 4.90 Å². The molecule has 1 aromatic carbocycles. The largest absolute Gasteiger partial charge is 0.481 e. The summed E-state index contributed by atoms with van der Waals surface area (Å²) < 4.78 is 5.01. The highest BCUT2D eigenvalue weighted by Crippen LogP contribution is 2.24. The lowest BCUT2D eigenvalue weighted by Gasteiger charge is -2.14. The molecule has 2 rings (SSSR count). The summed E-state index contributed by atoms with van der Waals surface area (Å²) in [5, 5.41) is 8.69. The van der Waals surface area contributed by atoms with Gasteiger partial charge in [0.15, 0.2) is 0 Å². The molecule has 106 valence electrons. The van der Waals surface area contributed by atoms with Crippen LogP contribution in [0.2, 0.25) is 0 Å². The third-order valence-corrected chi connectivity index (χ3v) is 3.20. The van der Waals surface area contributed by atoms with Crippen LogP contribution < -0.4 is 0 Å². The van der Waals surface area contributed by atoms with Crippen molar-refractivity contribution < 1.29 is 19.4 Å². The summed E-state index contributed by atoms with van der Waals surface area (Å²) in [4.78, 5) is 23.9. The number of carboxylic acid groups (broad SMARTS) is 1. The van der Waals surface area contributed by atoms with Crippen LogP contribution in [0.25, 0.3) is 0 Å². The minimum Gasteiger partial charge on any atom is -0.481 e. The number of nitrogens with zero attached hydrogens (tertiary/aromatic N) is 1. The predicted molar refractivity (Wildman–Crippen MR) is 73.2 cm³/mol. The first-order chi connectivity index (χ1) is 9.60. The van der Waals surface area contributed by atoms with Gasteiger partial charge in [0.1, 0.15) is 6.61 Å². The van der Waals surface area contributed by atoms with Crippen LogP contribution in [0.15, 0.2) is 30.9 Å². The van der Waals surface area contributed by atoms with Crippen molar-refractivity contribution in [2.45, 2.75) is 25.9 Å². The average molecular weight is 275 g/mol. The molecule has 1 aliphatic heterocycles. The van der Waals surface area contributed by atoms with Crippen molar-refractivity contribution in [1.82, 2.24) is 4.90 Å². The van der Waals surface area contributed by atoms with E-state index in [-0.39, 0.29) is 19.1 Å². The molecule has 1 aromatic rings. The van der Waals surface area contributed by atoms with Crippen molar-refractivity contribution in [2.24, 2.45) is 0 Å². The molecular weight excluding hydrogens is 258 g/mol. The number of carboxylic acids is 1. The zero-order valence-electron chi connectivity index (χ0n) is 11.2. The van der Waals surface area contributed by atoms with Crippen LogP contribution in [0.1, 0.15) is 23.1 Å². The van der Waals surface area contributed by atoms with Gasteiger partial charge in [0.2, 0.25) is 0 Å². The highest BCUT2D eigenvalue weighted by Gasteiger charge is 2.24. The molecule has 1 N–H and O–H groups in total. The van der Waals surface area contributed by atoms with Crippen LogP contribution >= 0.6 is 0 Å². The minimum atomic E-state index is -0.805. The Morgan fingerprint density at radius 1 is 1.35 bits per heavy atom. The molecule has 0 aliphatic carbocycles. The number of amides is 1. The van der Waals surface area contributed by atoms with Gasteiger partial charge in [-0.2, -0.15) is 0 Å². The third kappa shape index (κ3) is 3.38. The summed E-state index contributed by atoms with van der Waals surface area (Å²) >= 11 is 0. The van der Waals surface area contributed by atoms with E-state index in [1.807, 2.05) is 18.2 Å². The van der Waals surface area contributed by atoms with Crippen LogP contribution in [0, 0.1) is 0 Å². The molecule has 0 radical (unpaired) electrons. The standard InChI is InChI=1S/C15H17NO4/c1-2-7-20-15(19)16-9-12-5-3-11(4-6-14(17)18)8-13(12)10-16/h2-3,5,8H,1,4,6-7,9-10H2,(H,17,18). The van der Waals surface area contributed by atoms with Gasteiger partial charge < -0.3 is 9.84 Å². The Labute approximate surface area is 117 Å². The molecule has 5 nitrogen and oxygen atoms in total. The molecule has 0 saturated heterocycles. The van der Waals surface area contributed by atoms with Crippen LogP contribution in [-0.4, -0.2) is 28.7 Å². The van der Waals surface area contributed by atoms with E-state index in [9.17, 15) is 9.59 Å². The number of aliphatic carboxylic acids is 1. The molecule has 5 heteroatoms. The van der Waals surface area contributed by atoms with Crippen LogP contribution in [0.4, 0.5) is 4.79 Å². The van der Waals surface area contributed by atoms with Gasteiger partial charge in [-0.15, -0.1) is 0 Å². The van der Waals surface area contributed by atoms with Gasteiger partial charge in [0, 0.05) is 19.5 Å². The van der Waals surface area contributed by atoms with E-state index in [1.165, 1.54) is 6.08 Å². The Morgan fingerprint density at radius 3 is 2.80 bits per heavy atom. The third-order valence-electron chi connectivity index (χ3n) is 3.20. The summed E-state index contributed by atoms with van der Waals surface area (Å²) in [7, 11) is 0. The van der Waals surface area contributed by atoms with Crippen molar-refractivity contribution in [1.29, 1.82) is 0 Å². The molecule has 0 aromatic heterocycles. The van der Waals surface area contributed by atoms with Crippen LogP contribution in [0.3, 0.4) is 0 Å². The first-order valence-corrected chi connectivity index (χ1v) is 6.45. The van der Waals surface area contributed by atoms with E-state index in [0.29, 0.717) is 19.5 Å². The molecule has 0 bridgehead atoms. The van der Waals surface area contributed by atoms with Crippen molar-refractivity contribution in [3.8, 4) is 0 Å². The second-order valence-corrected chi connectivity index (χ2v) is 4.72. The molecule has 0 unspecified atom stereocenters. The molecule has 1 aliphatic rings. The van der Waals surface area contributed by atoms with Crippen molar-refractivity contribution >= 4 is 12.1 Å². The number of fused-ring (bicyclic) bond motifs is 1. The lowest BCUT2D eigenvalue weighted by Crippen LogP contribution is -2.26. The number of carbonyl (C=O) groups excluding carboxylic acids is 1. The van der Waals surface area contributed by atoms with Gasteiger partial charge in [0.05, 0.1) is 0 Å². The van der Waals surface area contributed by atoms with Gasteiger partial charge >= 0.3 is 12.1 Å². The molecule has 0 saturated carbocycles. The highest BCUT2D eigenvalue weighted by molar-refractivity contribution is 5.69. The number of hydrogen-bond acceptors (Lipinski definition) is 3. The van der Waals surface area contributed by atoms with Gasteiger partial charge in [-0.25, -0.2) is 4.79 Å². The Balaban J connectivity index is 1.99. The summed E-state index contributed by atoms with van der Waals surface area (Å²) in [6.07, 6.45) is 1.80. The number of ether oxygens (including phenoxy) is 1. The smallest absolute Gasteiger partial charge is 0.410 e. The molecule has 20 heavy (non-hydrogen) atoms. The number of benzene rings is 1. The number of carbonyl (C=O) groups is 2. The molecule has 1 heterocycles. The Morgan fingerprint density at radius 2 is 2.10 bits per heavy atom. The Kier molecular flexibility index (Phi) is 4.40. The highest BCUT2D eigenvalue weighted by atomic mass is 16.6. The monoisotopic (exact) mass is 275 g/mol. The molecule has 0 atom stereocenters. The lowest BCUT2D eigenvalue weighted by molar-refractivity contribution is -0.136. The fraction of sp³-hybridized carbons (Fsp3) is 0.333. The minimum absolute atomic E-state index is 0.115. The predicted octanol–water partition coefficient (Wildman–Crippen LogP) is 2.34. The van der Waals surface area contributed by atoms with Crippen LogP contribution in [-0.2, 0) is 29.0 Å².